The fourth-order valence-electron chi connectivity index (χ4n) is 3.70. The molecule has 1 fully saturated rings. The van der Waals surface area contributed by atoms with Crippen molar-refractivity contribution in [3.05, 3.63) is 64.8 Å². The Morgan fingerprint density at radius 2 is 1.97 bits per heavy atom. The van der Waals surface area contributed by atoms with Gasteiger partial charge in [0, 0.05) is 28.8 Å². The molecule has 4 rings (SSSR count). The van der Waals surface area contributed by atoms with Gasteiger partial charge in [0.15, 0.2) is 29.8 Å². The lowest BCUT2D eigenvalue weighted by atomic mass is 10.0. The monoisotopic (exact) mass is 574 g/mol. The number of amides is 3. The molecule has 202 valence electrons. The summed E-state index contributed by atoms with van der Waals surface area (Å²) in [7, 11) is 0. The number of aliphatic carboxylic acids is 2. The molecule has 0 radical (unpaired) electrons. The summed E-state index contributed by atoms with van der Waals surface area (Å²) in [5.41, 5.74) is 10.9. The number of aromatic nitrogens is 2. The number of primary amides is 1. The largest absolute Gasteiger partial charge is 0.477 e. The second kappa shape index (κ2) is 10.9. The predicted octanol–water partition coefficient (Wildman–Crippen LogP) is -1.13. The van der Waals surface area contributed by atoms with Crippen LogP contribution in [-0.4, -0.2) is 72.6 Å². The van der Waals surface area contributed by atoms with Crippen molar-refractivity contribution < 1.29 is 43.6 Å². The van der Waals surface area contributed by atoms with Gasteiger partial charge in [-0.25, -0.2) is 19.1 Å². The second-order valence-corrected chi connectivity index (χ2v) is 10.1. The van der Waals surface area contributed by atoms with Gasteiger partial charge in [-0.05, 0) is 6.58 Å². The van der Waals surface area contributed by atoms with Crippen LogP contribution in [0.15, 0.2) is 58.7 Å². The third-order valence-electron chi connectivity index (χ3n) is 5.55. The summed E-state index contributed by atoms with van der Waals surface area (Å²) in [5, 5.41) is 25.6. The number of nitrogens with two attached hydrogens (primary N) is 2. The first-order valence-electron chi connectivity index (χ1n) is 10.9. The van der Waals surface area contributed by atoms with E-state index in [9.17, 15) is 29.1 Å². The number of carboxylic acid groups (broad SMARTS) is 2. The summed E-state index contributed by atoms with van der Waals surface area (Å²) in [6.45, 7) is 3.30. The van der Waals surface area contributed by atoms with E-state index in [4.69, 9.17) is 21.4 Å². The van der Waals surface area contributed by atoms with E-state index in [1.807, 2.05) is 0 Å². The molecule has 0 saturated carbocycles. The first-order valence-corrected chi connectivity index (χ1v) is 12.8. The number of β-lactam (4-membered cyclic amide) rings is 1. The molecule has 7 N–H and O–H groups in total. The van der Waals surface area contributed by atoms with Crippen molar-refractivity contribution in [2.24, 2.45) is 10.9 Å². The molecular formula is C22H20N7O8S2+. The molecule has 2 aliphatic rings. The van der Waals surface area contributed by atoms with E-state index >= 15 is 0 Å². The number of oxime groups is 1. The number of hydrogen-bond donors (Lipinski definition) is 5. The first kappa shape index (κ1) is 27.3. The smallest absolute Gasteiger partial charge is 0.374 e. The summed E-state index contributed by atoms with van der Waals surface area (Å²) >= 11 is 2.23. The normalized spacial score (nSPS) is 18.6. The van der Waals surface area contributed by atoms with Gasteiger partial charge in [0.1, 0.15) is 22.8 Å². The van der Waals surface area contributed by atoms with Gasteiger partial charge in [0.2, 0.25) is 11.7 Å². The van der Waals surface area contributed by atoms with Crippen molar-refractivity contribution >= 4 is 63.6 Å². The Balaban J connectivity index is 1.53. The number of nitrogen functional groups attached to an aromatic ring is 1. The van der Waals surface area contributed by atoms with Gasteiger partial charge >= 0.3 is 11.9 Å². The number of pyridine rings is 1. The molecular weight excluding hydrogens is 554 g/mol. The van der Waals surface area contributed by atoms with Crippen molar-refractivity contribution in [3.63, 3.8) is 0 Å². The van der Waals surface area contributed by atoms with Crippen molar-refractivity contribution in [3.8, 4) is 0 Å². The predicted molar refractivity (Wildman–Crippen MR) is 136 cm³/mol. The maximum absolute atomic E-state index is 13.0. The number of nitrogens with one attached hydrogen (secondary N) is 1. The molecule has 0 aromatic carbocycles. The van der Waals surface area contributed by atoms with Gasteiger partial charge in [0.25, 0.3) is 11.8 Å². The van der Waals surface area contributed by atoms with Crippen LogP contribution < -0.4 is 21.4 Å². The van der Waals surface area contributed by atoms with Gasteiger partial charge < -0.3 is 31.8 Å². The highest BCUT2D eigenvalue weighted by atomic mass is 32.2. The zero-order valence-electron chi connectivity index (χ0n) is 19.8. The molecule has 39 heavy (non-hydrogen) atoms. The van der Waals surface area contributed by atoms with E-state index in [2.05, 4.69) is 22.0 Å². The summed E-state index contributed by atoms with van der Waals surface area (Å²) in [6, 6.07) is 1.88. The lowest BCUT2D eigenvalue weighted by Crippen LogP contribution is -2.71. The Morgan fingerprint density at radius 3 is 2.54 bits per heavy atom. The minimum absolute atomic E-state index is 0.0269. The standard InChI is InChI=1S/C22H19N7O8S2/c1-9(20(33)34)37-27-13(12-8-39-22(24)25-12)17(31)26-14-18(32)29-15(21(35)36)11(7-38-19(14)29)6-28-4-2-10(3-5-28)16(23)30/h2-5,8,14,19H,1,6-7H2,(H6-,23,24,25,26,30,31,33,34,35,36)/p+1/t14-,19+/m1/s1. The number of thiazole rings is 1. The fourth-order valence-corrected chi connectivity index (χ4v) is 5.59. The Labute approximate surface area is 227 Å². The molecule has 2 atom stereocenters. The number of carboxylic acids is 2. The lowest BCUT2D eigenvalue weighted by molar-refractivity contribution is -0.689. The van der Waals surface area contributed by atoms with Crippen molar-refractivity contribution in [1.82, 2.24) is 15.2 Å². The topological polar surface area (TPSA) is 231 Å². The highest BCUT2D eigenvalue weighted by Crippen LogP contribution is 2.40. The number of carbonyl (C=O) groups excluding carboxylic acids is 3. The summed E-state index contributed by atoms with van der Waals surface area (Å²) in [4.78, 5) is 70.2. The minimum atomic E-state index is -1.51. The van der Waals surface area contributed by atoms with Crippen molar-refractivity contribution in [2.75, 3.05) is 11.5 Å². The van der Waals surface area contributed by atoms with E-state index in [-0.39, 0.29) is 34.4 Å². The van der Waals surface area contributed by atoms with E-state index in [1.54, 1.807) is 17.0 Å². The third kappa shape index (κ3) is 5.58. The summed E-state index contributed by atoms with van der Waals surface area (Å²) in [5.74, 6) is -5.55. The van der Waals surface area contributed by atoms with E-state index < -0.39 is 52.5 Å². The van der Waals surface area contributed by atoms with Crippen LogP contribution in [-0.2, 0) is 30.6 Å². The molecule has 0 bridgehead atoms. The highest BCUT2D eigenvalue weighted by Gasteiger charge is 2.54. The SMILES string of the molecule is C=C(ON=C(C(=O)N[C@@H]1C(=O)N2C(C(=O)O)=C(C[n+]3ccc(C(N)=O)cc3)CS[C@@H]12)c1csc(N)n1)C(=O)O. The number of fused-ring (bicyclic) bond motifs is 1. The molecule has 0 spiro atoms. The molecule has 15 nitrogen and oxygen atoms in total. The van der Waals surface area contributed by atoms with Gasteiger partial charge in [-0.1, -0.05) is 5.16 Å². The molecule has 17 heteroatoms. The average molecular weight is 575 g/mol. The average Bonchev–Trinajstić information content (AvgIpc) is 3.32. The number of nitrogens with zero attached hydrogens (tertiary/aromatic N) is 4. The van der Waals surface area contributed by atoms with E-state index in [1.165, 1.54) is 29.3 Å². The van der Waals surface area contributed by atoms with Gasteiger partial charge in [-0.15, -0.1) is 23.1 Å². The van der Waals surface area contributed by atoms with Crippen LogP contribution in [0.2, 0.25) is 0 Å². The van der Waals surface area contributed by atoms with Crippen LogP contribution in [0.1, 0.15) is 16.1 Å². The lowest BCUT2D eigenvalue weighted by Gasteiger charge is -2.49. The molecule has 0 aliphatic carbocycles. The zero-order valence-corrected chi connectivity index (χ0v) is 21.4. The molecule has 1 saturated heterocycles. The minimum Gasteiger partial charge on any atom is -0.477 e. The molecule has 0 unspecified atom stereocenters. The Hall–Kier alpha value is -4.77. The number of rotatable bonds is 10. The van der Waals surface area contributed by atoms with Crippen molar-refractivity contribution in [2.45, 2.75) is 18.0 Å². The number of anilines is 1. The third-order valence-corrected chi connectivity index (χ3v) is 7.56. The molecule has 2 aliphatic heterocycles. The van der Waals surface area contributed by atoms with Gasteiger partial charge in [0.05, 0.1) is 5.56 Å². The van der Waals surface area contributed by atoms with Crippen LogP contribution in [0.5, 0.6) is 0 Å². The Morgan fingerprint density at radius 1 is 1.28 bits per heavy atom. The maximum Gasteiger partial charge on any atom is 0.374 e. The fraction of sp³-hybridized carbons (Fsp3) is 0.182. The van der Waals surface area contributed by atoms with Gasteiger partial charge in [-0.2, -0.15) is 0 Å². The van der Waals surface area contributed by atoms with Crippen LogP contribution in [0.4, 0.5) is 5.13 Å². The highest BCUT2D eigenvalue weighted by molar-refractivity contribution is 8.00. The molecule has 2 aromatic heterocycles. The van der Waals surface area contributed by atoms with Crippen LogP contribution in [0.25, 0.3) is 0 Å². The number of carbonyl (C=O) groups is 5. The molecule has 2 aromatic rings. The number of thioether (sulfide) groups is 1. The maximum atomic E-state index is 13.0. The number of hydrogen-bond acceptors (Lipinski definition) is 11. The Bertz CT molecular complexity index is 1470. The van der Waals surface area contributed by atoms with Crippen LogP contribution >= 0.6 is 23.1 Å². The van der Waals surface area contributed by atoms with Crippen molar-refractivity contribution in [1.29, 1.82) is 0 Å². The summed E-state index contributed by atoms with van der Waals surface area (Å²) < 4.78 is 1.64. The second-order valence-electron chi connectivity index (χ2n) is 8.07. The van der Waals surface area contributed by atoms with E-state index in [0.29, 0.717) is 5.57 Å². The first-order chi connectivity index (χ1) is 18.5. The van der Waals surface area contributed by atoms with E-state index in [0.717, 1.165) is 16.2 Å². The quantitative estimate of drug-likeness (QED) is 0.0569. The van der Waals surface area contributed by atoms with Crippen LogP contribution in [0.3, 0.4) is 0 Å². The molecule has 4 heterocycles. The zero-order chi connectivity index (χ0) is 28.4. The summed E-state index contributed by atoms with van der Waals surface area (Å²) in [6.07, 6.45) is 3.13. The van der Waals surface area contributed by atoms with Crippen LogP contribution in [0, 0.1) is 0 Å². The molecule has 3 amide bonds. The van der Waals surface area contributed by atoms with Gasteiger partial charge in [-0.3, -0.25) is 19.3 Å². The Kier molecular flexibility index (Phi) is 7.63.